The van der Waals surface area contributed by atoms with Crippen LogP contribution in [0.4, 0.5) is 0 Å². The standard InChI is InChI=1S/C17H16N2O7S/c1-25-16(21)12-8-9-13(17(22)26-2)14(10-12)27(23,24)19-18-15(20)11-6-4-3-5-7-11/h3-10,19H,1-2H3,(H,18,20). The van der Waals surface area contributed by atoms with Gasteiger partial charge in [0.25, 0.3) is 15.9 Å². The van der Waals surface area contributed by atoms with Crippen molar-refractivity contribution in [3.05, 3.63) is 65.2 Å². The molecule has 27 heavy (non-hydrogen) atoms. The second-order valence-electron chi connectivity index (χ2n) is 5.12. The number of nitrogens with one attached hydrogen (secondary N) is 2. The minimum atomic E-state index is -4.40. The first kappa shape index (κ1) is 20.1. The maximum absolute atomic E-state index is 12.6. The number of amides is 1. The van der Waals surface area contributed by atoms with Crippen LogP contribution in [0.2, 0.25) is 0 Å². The van der Waals surface area contributed by atoms with Gasteiger partial charge in [-0.3, -0.25) is 10.2 Å². The van der Waals surface area contributed by atoms with E-state index in [9.17, 15) is 22.8 Å². The van der Waals surface area contributed by atoms with Gasteiger partial charge < -0.3 is 9.47 Å². The van der Waals surface area contributed by atoms with Crippen molar-refractivity contribution in [2.24, 2.45) is 0 Å². The molecular formula is C17H16N2O7S. The molecule has 0 aliphatic heterocycles. The van der Waals surface area contributed by atoms with Gasteiger partial charge in [-0.15, -0.1) is 4.83 Å². The molecular weight excluding hydrogens is 376 g/mol. The molecule has 1 amide bonds. The normalized spacial score (nSPS) is 10.7. The van der Waals surface area contributed by atoms with E-state index in [2.05, 4.69) is 9.47 Å². The average molecular weight is 392 g/mol. The van der Waals surface area contributed by atoms with E-state index in [1.54, 1.807) is 18.2 Å². The lowest BCUT2D eigenvalue weighted by Crippen LogP contribution is -2.42. The van der Waals surface area contributed by atoms with Crippen molar-refractivity contribution < 1.29 is 32.3 Å². The molecule has 0 radical (unpaired) electrons. The molecule has 10 heteroatoms. The summed E-state index contributed by atoms with van der Waals surface area (Å²) in [4.78, 5) is 36.9. The summed E-state index contributed by atoms with van der Waals surface area (Å²) in [7, 11) is -2.19. The van der Waals surface area contributed by atoms with Gasteiger partial charge in [0.2, 0.25) is 0 Å². The zero-order valence-electron chi connectivity index (χ0n) is 14.4. The SMILES string of the molecule is COC(=O)c1ccc(C(=O)OC)c(S(=O)(=O)NNC(=O)c2ccccc2)c1. The molecule has 0 bridgehead atoms. The highest BCUT2D eigenvalue weighted by Gasteiger charge is 2.25. The molecule has 2 N–H and O–H groups in total. The summed E-state index contributed by atoms with van der Waals surface area (Å²) in [6.07, 6.45) is 0. The van der Waals surface area contributed by atoms with Gasteiger partial charge in [0.15, 0.2) is 0 Å². The number of ether oxygens (including phenoxy) is 2. The molecule has 0 unspecified atom stereocenters. The van der Waals surface area contributed by atoms with E-state index in [1.165, 1.54) is 18.2 Å². The van der Waals surface area contributed by atoms with Gasteiger partial charge in [-0.25, -0.2) is 18.0 Å². The van der Waals surface area contributed by atoms with Crippen LogP contribution in [0.3, 0.4) is 0 Å². The fourth-order valence-corrected chi connectivity index (χ4v) is 3.16. The van der Waals surface area contributed by atoms with Gasteiger partial charge in [-0.1, -0.05) is 18.2 Å². The van der Waals surface area contributed by atoms with Gasteiger partial charge in [-0.2, -0.15) is 0 Å². The summed E-state index contributed by atoms with van der Waals surface area (Å²) in [5.41, 5.74) is 1.85. The number of benzene rings is 2. The van der Waals surface area contributed by atoms with E-state index in [-0.39, 0.29) is 16.7 Å². The largest absolute Gasteiger partial charge is 0.465 e. The van der Waals surface area contributed by atoms with Crippen molar-refractivity contribution in [3.8, 4) is 0 Å². The monoisotopic (exact) mass is 392 g/mol. The highest BCUT2D eigenvalue weighted by Crippen LogP contribution is 2.19. The minimum Gasteiger partial charge on any atom is -0.465 e. The number of hydrogen-bond acceptors (Lipinski definition) is 7. The van der Waals surface area contributed by atoms with Crippen LogP contribution >= 0.6 is 0 Å². The van der Waals surface area contributed by atoms with Crippen LogP contribution in [0.1, 0.15) is 31.1 Å². The third-order valence-electron chi connectivity index (χ3n) is 3.43. The van der Waals surface area contributed by atoms with Crippen LogP contribution in [0.25, 0.3) is 0 Å². The van der Waals surface area contributed by atoms with Crippen molar-refractivity contribution in [1.82, 2.24) is 10.3 Å². The van der Waals surface area contributed by atoms with Gasteiger partial charge in [0, 0.05) is 5.56 Å². The number of hydrogen-bond donors (Lipinski definition) is 2. The molecule has 2 aromatic carbocycles. The Labute approximate surface area is 155 Å². The van der Waals surface area contributed by atoms with E-state index >= 15 is 0 Å². The highest BCUT2D eigenvalue weighted by molar-refractivity contribution is 7.89. The fourth-order valence-electron chi connectivity index (χ4n) is 2.10. The van der Waals surface area contributed by atoms with Crippen molar-refractivity contribution in [1.29, 1.82) is 0 Å². The third-order valence-corrected chi connectivity index (χ3v) is 4.72. The third kappa shape index (κ3) is 4.68. The average Bonchev–Trinajstić information content (AvgIpc) is 2.71. The Bertz CT molecular complexity index is 972. The van der Waals surface area contributed by atoms with E-state index in [0.717, 1.165) is 26.4 Å². The summed E-state index contributed by atoms with van der Waals surface area (Å²) in [5.74, 6) is -2.43. The molecule has 0 aromatic heterocycles. The molecule has 0 heterocycles. The van der Waals surface area contributed by atoms with E-state index in [1.807, 2.05) is 10.3 Å². The maximum Gasteiger partial charge on any atom is 0.339 e. The molecule has 9 nitrogen and oxygen atoms in total. The molecule has 0 atom stereocenters. The summed E-state index contributed by atoms with van der Waals surface area (Å²) < 4.78 is 34.3. The van der Waals surface area contributed by atoms with Gasteiger partial charge in [0.05, 0.1) is 30.2 Å². The fraction of sp³-hybridized carbons (Fsp3) is 0.118. The highest BCUT2D eigenvalue weighted by atomic mass is 32.2. The van der Waals surface area contributed by atoms with Crippen molar-refractivity contribution >= 4 is 27.9 Å². The molecule has 0 spiro atoms. The molecule has 0 saturated carbocycles. The topological polar surface area (TPSA) is 128 Å². The van der Waals surface area contributed by atoms with Crippen LogP contribution in [0.15, 0.2) is 53.4 Å². The smallest absolute Gasteiger partial charge is 0.339 e. The predicted molar refractivity (Wildman–Crippen MR) is 93.4 cm³/mol. The molecule has 2 aromatic rings. The van der Waals surface area contributed by atoms with Crippen LogP contribution in [0.5, 0.6) is 0 Å². The molecule has 0 fully saturated rings. The molecule has 0 aliphatic rings. The lowest BCUT2D eigenvalue weighted by molar-refractivity contribution is 0.0583. The lowest BCUT2D eigenvalue weighted by Gasteiger charge is -2.12. The second kappa shape index (κ2) is 8.43. The number of methoxy groups -OCH3 is 2. The van der Waals surface area contributed by atoms with Crippen molar-refractivity contribution in [2.75, 3.05) is 14.2 Å². The van der Waals surface area contributed by atoms with Crippen LogP contribution < -0.4 is 10.3 Å². The Morgan fingerprint density at radius 1 is 0.852 bits per heavy atom. The number of esters is 2. The van der Waals surface area contributed by atoms with Crippen molar-refractivity contribution in [3.63, 3.8) is 0 Å². The van der Waals surface area contributed by atoms with E-state index < -0.39 is 32.8 Å². The number of carbonyl (C=O) groups excluding carboxylic acids is 3. The van der Waals surface area contributed by atoms with Gasteiger partial charge in [0.1, 0.15) is 0 Å². The molecule has 142 valence electrons. The first-order chi connectivity index (χ1) is 12.8. The minimum absolute atomic E-state index is 0.0973. The van der Waals surface area contributed by atoms with Crippen LogP contribution in [0, 0.1) is 0 Å². The van der Waals surface area contributed by atoms with Crippen LogP contribution in [-0.2, 0) is 19.5 Å². The Hall–Kier alpha value is -3.24. The van der Waals surface area contributed by atoms with E-state index in [0.29, 0.717) is 0 Å². The van der Waals surface area contributed by atoms with Gasteiger partial charge in [-0.05, 0) is 30.3 Å². The van der Waals surface area contributed by atoms with Crippen LogP contribution in [-0.4, -0.2) is 40.5 Å². The first-order valence-corrected chi connectivity index (χ1v) is 8.96. The summed E-state index contributed by atoms with van der Waals surface area (Å²) in [5, 5.41) is 0. The Morgan fingerprint density at radius 3 is 2.07 bits per heavy atom. The van der Waals surface area contributed by atoms with Gasteiger partial charge >= 0.3 is 11.9 Å². The number of hydrazine groups is 1. The quantitative estimate of drug-likeness (QED) is 0.552. The lowest BCUT2D eigenvalue weighted by atomic mass is 10.1. The second-order valence-corrected chi connectivity index (χ2v) is 6.77. The summed E-state index contributed by atoms with van der Waals surface area (Å²) in [6.45, 7) is 0. The maximum atomic E-state index is 12.6. The zero-order chi connectivity index (χ0) is 20.0. The predicted octanol–water partition coefficient (Wildman–Crippen LogP) is 0.883. The van der Waals surface area contributed by atoms with Crippen molar-refractivity contribution in [2.45, 2.75) is 4.90 Å². The Morgan fingerprint density at radius 2 is 1.48 bits per heavy atom. The first-order valence-electron chi connectivity index (χ1n) is 7.48. The molecule has 0 saturated heterocycles. The Balaban J connectivity index is 2.36. The zero-order valence-corrected chi connectivity index (χ0v) is 15.2. The van der Waals surface area contributed by atoms with E-state index in [4.69, 9.17) is 0 Å². The number of rotatable bonds is 6. The molecule has 2 rings (SSSR count). The summed E-state index contributed by atoms with van der Waals surface area (Å²) in [6, 6.07) is 11.2. The Kier molecular flexibility index (Phi) is 6.27. The number of sulfonamides is 1. The molecule has 0 aliphatic carbocycles. The summed E-state index contributed by atoms with van der Waals surface area (Å²) >= 11 is 0. The number of carbonyl (C=O) groups is 3.